The highest BCUT2D eigenvalue weighted by Gasteiger charge is 2.25. The van der Waals surface area contributed by atoms with E-state index in [2.05, 4.69) is 10.4 Å². The van der Waals surface area contributed by atoms with Gasteiger partial charge in [-0.2, -0.15) is 5.10 Å². The van der Waals surface area contributed by atoms with Crippen LogP contribution in [0.4, 0.5) is 10.1 Å². The van der Waals surface area contributed by atoms with Crippen molar-refractivity contribution in [2.45, 2.75) is 19.4 Å². The number of hydrazone groups is 1. The Bertz CT molecular complexity index is 943. The van der Waals surface area contributed by atoms with Gasteiger partial charge in [-0.3, -0.25) is 9.59 Å². The number of fused-ring (bicyclic) bond motifs is 1. The number of rotatable bonds is 4. The Hall–Kier alpha value is -3.42. The van der Waals surface area contributed by atoms with Crippen LogP contribution >= 0.6 is 0 Å². The summed E-state index contributed by atoms with van der Waals surface area (Å²) in [5.41, 5.74) is 1.54. The van der Waals surface area contributed by atoms with E-state index in [0.717, 1.165) is 5.56 Å². The lowest BCUT2D eigenvalue weighted by molar-refractivity contribution is -0.132. The molecule has 28 heavy (non-hydrogen) atoms. The summed E-state index contributed by atoms with van der Waals surface area (Å²) >= 11 is 0. The zero-order valence-electron chi connectivity index (χ0n) is 15.0. The van der Waals surface area contributed by atoms with Gasteiger partial charge in [-0.25, -0.2) is 9.40 Å². The van der Waals surface area contributed by atoms with E-state index in [0.29, 0.717) is 30.4 Å². The summed E-state index contributed by atoms with van der Waals surface area (Å²) in [6.45, 7) is 1.13. The first kappa shape index (κ1) is 18.0. The van der Waals surface area contributed by atoms with Gasteiger partial charge < -0.3 is 14.8 Å². The number of carbonyl (C=O) groups is 2. The monoisotopic (exact) mass is 383 g/mol. The normalized spacial score (nSPS) is 15.8. The topological polar surface area (TPSA) is 80.2 Å². The first-order chi connectivity index (χ1) is 13.6. The number of hydrogen-bond donors (Lipinski definition) is 1. The molecule has 1 N–H and O–H groups in total. The Morgan fingerprint density at radius 2 is 1.82 bits per heavy atom. The fourth-order valence-corrected chi connectivity index (χ4v) is 2.98. The van der Waals surface area contributed by atoms with Crippen molar-refractivity contribution in [2.75, 3.05) is 18.5 Å². The molecule has 0 atom stereocenters. The second-order valence-electron chi connectivity index (χ2n) is 6.44. The highest BCUT2D eigenvalue weighted by molar-refractivity contribution is 6.43. The minimum Gasteiger partial charge on any atom is -0.486 e. The maximum Gasteiger partial charge on any atom is 0.271 e. The van der Waals surface area contributed by atoms with Crippen molar-refractivity contribution in [3.05, 3.63) is 53.8 Å². The number of hydrogen-bond acceptors (Lipinski definition) is 5. The van der Waals surface area contributed by atoms with Crippen LogP contribution in [0.1, 0.15) is 18.4 Å². The van der Waals surface area contributed by atoms with Crippen LogP contribution in [-0.4, -0.2) is 35.7 Å². The molecule has 2 aliphatic heterocycles. The van der Waals surface area contributed by atoms with Crippen LogP contribution in [0.15, 0.2) is 47.6 Å². The van der Waals surface area contributed by atoms with Gasteiger partial charge in [-0.1, -0.05) is 12.1 Å². The summed E-state index contributed by atoms with van der Waals surface area (Å²) in [6, 6.07) is 11.0. The molecule has 2 aliphatic rings. The highest BCUT2D eigenvalue weighted by atomic mass is 19.1. The molecule has 0 radical (unpaired) electrons. The molecule has 144 valence electrons. The van der Waals surface area contributed by atoms with Crippen LogP contribution in [0.5, 0.6) is 11.5 Å². The quantitative estimate of drug-likeness (QED) is 0.880. The van der Waals surface area contributed by atoms with Gasteiger partial charge in [0.2, 0.25) is 5.91 Å². The van der Waals surface area contributed by atoms with Gasteiger partial charge in [0.25, 0.3) is 5.91 Å². The molecular weight excluding hydrogens is 365 g/mol. The third-order valence-corrected chi connectivity index (χ3v) is 4.41. The predicted molar refractivity (Wildman–Crippen MR) is 99.7 cm³/mol. The molecule has 2 amide bonds. The molecule has 7 nitrogen and oxygen atoms in total. The van der Waals surface area contributed by atoms with Crippen molar-refractivity contribution in [2.24, 2.45) is 5.10 Å². The predicted octanol–water partition coefficient (Wildman–Crippen LogP) is 2.71. The number of benzene rings is 2. The van der Waals surface area contributed by atoms with Gasteiger partial charge in [0.05, 0.1) is 6.54 Å². The van der Waals surface area contributed by atoms with Crippen molar-refractivity contribution in [1.29, 1.82) is 0 Å². The number of halogens is 1. The van der Waals surface area contributed by atoms with E-state index in [9.17, 15) is 14.0 Å². The average Bonchev–Trinajstić information content (AvgIpc) is 2.71. The summed E-state index contributed by atoms with van der Waals surface area (Å²) in [7, 11) is 0. The van der Waals surface area contributed by atoms with Gasteiger partial charge in [-0.15, -0.1) is 0 Å². The van der Waals surface area contributed by atoms with Gasteiger partial charge in [0.1, 0.15) is 24.7 Å². The molecule has 4 rings (SSSR count). The third kappa shape index (κ3) is 3.95. The highest BCUT2D eigenvalue weighted by Crippen LogP contribution is 2.32. The maximum absolute atomic E-state index is 13.0. The largest absolute Gasteiger partial charge is 0.486 e. The molecule has 0 spiro atoms. The first-order valence-corrected chi connectivity index (χ1v) is 8.92. The summed E-state index contributed by atoms with van der Waals surface area (Å²) in [5, 5.41) is 8.22. The molecule has 0 saturated carbocycles. The Morgan fingerprint density at radius 3 is 2.61 bits per heavy atom. The Morgan fingerprint density at radius 1 is 1.07 bits per heavy atom. The van der Waals surface area contributed by atoms with E-state index in [1.165, 1.54) is 17.1 Å². The van der Waals surface area contributed by atoms with Gasteiger partial charge in [-0.05, 0) is 29.8 Å². The van der Waals surface area contributed by atoms with Gasteiger partial charge >= 0.3 is 0 Å². The summed E-state index contributed by atoms with van der Waals surface area (Å²) in [6.07, 6.45) is 0.448. The molecule has 2 aromatic carbocycles. The molecule has 8 heteroatoms. The number of nitrogens with one attached hydrogen (secondary N) is 1. The lowest BCUT2D eigenvalue weighted by Gasteiger charge is -2.23. The van der Waals surface area contributed by atoms with Crippen molar-refractivity contribution >= 4 is 23.2 Å². The zero-order chi connectivity index (χ0) is 19.5. The van der Waals surface area contributed by atoms with Crippen molar-refractivity contribution in [3.8, 4) is 11.5 Å². The Kier molecular flexibility index (Phi) is 4.92. The number of ether oxygens (including phenoxy) is 2. The minimum absolute atomic E-state index is 0.180. The summed E-state index contributed by atoms with van der Waals surface area (Å²) in [5.74, 6) is 0.295. The lowest BCUT2D eigenvalue weighted by atomic mass is 10.1. The van der Waals surface area contributed by atoms with E-state index in [-0.39, 0.29) is 42.7 Å². The minimum atomic E-state index is -0.381. The van der Waals surface area contributed by atoms with Crippen LogP contribution in [0.25, 0.3) is 0 Å². The molecular formula is C20H18FN3O4. The fraction of sp³-hybridized carbons (Fsp3) is 0.250. The SMILES string of the molecule is O=C(Nc1ccc2c(c1)OCCO2)C1=NN(Cc2ccc(F)cc2)C(=O)CC1. The van der Waals surface area contributed by atoms with E-state index in [1.807, 2.05) is 0 Å². The second kappa shape index (κ2) is 7.67. The van der Waals surface area contributed by atoms with Crippen molar-refractivity contribution in [1.82, 2.24) is 5.01 Å². The van der Waals surface area contributed by atoms with E-state index >= 15 is 0 Å². The number of carbonyl (C=O) groups excluding carboxylic acids is 2. The zero-order valence-corrected chi connectivity index (χ0v) is 15.0. The van der Waals surface area contributed by atoms with Gasteiger partial charge in [0.15, 0.2) is 11.5 Å². The summed E-state index contributed by atoms with van der Waals surface area (Å²) in [4.78, 5) is 24.7. The molecule has 0 unspecified atom stereocenters. The third-order valence-electron chi connectivity index (χ3n) is 4.41. The second-order valence-corrected chi connectivity index (χ2v) is 6.44. The maximum atomic E-state index is 13.0. The Balaban J connectivity index is 1.47. The van der Waals surface area contributed by atoms with Crippen molar-refractivity contribution < 1.29 is 23.5 Å². The van der Waals surface area contributed by atoms with Gasteiger partial charge in [0, 0.05) is 24.6 Å². The van der Waals surface area contributed by atoms with E-state index in [4.69, 9.17) is 9.47 Å². The molecule has 2 aromatic rings. The summed E-state index contributed by atoms with van der Waals surface area (Å²) < 4.78 is 24.0. The molecule has 0 fully saturated rings. The van der Waals surface area contributed by atoms with Crippen LogP contribution in [-0.2, 0) is 16.1 Å². The number of amides is 2. The Labute approximate surface area is 160 Å². The van der Waals surface area contributed by atoms with E-state index in [1.54, 1.807) is 30.3 Å². The smallest absolute Gasteiger partial charge is 0.271 e. The van der Waals surface area contributed by atoms with Crippen LogP contribution in [0.2, 0.25) is 0 Å². The van der Waals surface area contributed by atoms with E-state index < -0.39 is 0 Å². The van der Waals surface area contributed by atoms with Crippen molar-refractivity contribution in [3.63, 3.8) is 0 Å². The molecule has 0 aromatic heterocycles. The van der Waals surface area contributed by atoms with Crippen LogP contribution in [0, 0.1) is 5.82 Å². The lowest BCUT2D eigenvalue weighted by Crippen LogP contribution is -2.36. The fourth-order valence-electron chi connectivity index (χ4n) is 2.98. The van der Waals surface area contributed by atoms with Crippen LogP contribution in [0.3, 0.4) is 0 Å². The average molecular weight is 383 g/mol. The molecule has 0 bridgehead atoms. The van der Waals surface area contributed by atoms with Crippen LogP contribution < -0.4 is 14.8 Å². The number of nitrogens with zero attached hydrogens (tertiary/aromatic N) is 2. The standard InChI is InChI=1S/C20H18FN3O4/c21-14-3-1-13(2-4-14)12-24-19(25)8-6-16(23-24)20(26)22-15-5-7-17-18(11-15)28-10-9-27-17/h1-5,7,11H,6,8-10,12H2,(H,22,26). The number of anilines is 1. The molecule has 0 aliphatic carbocycles. The first-order valence-electron chi connectivity index (χ1n) is 8.92. The molecule has 2 heterocycles. The molecule has 0 saturated heterocycles.